The van der Waals surface area contributed by atoms with Gasteiger partial charge in [0, 0.05) is 10.6 Å². The molecule has 0 aliphatic heterocycles. The van der Waals surface area contributed by atoms with E-state index >= 15 is 0 Å². The van der Waals surface area contributed by atoms with Gasteiger partial charge in [0.2, 0.25) is 5.78 Å². The lowest BCUT2D eigenvalue weighted by atomic mass is 10.1. The van der Waals surface area contributed by atoms with E-state index in [0.29, 0.717) is 16.3 Å². The number of Topliss-reactive ketones (excluding diaryl/α,β-unsaturated/α-hetero) is 1. The summed E-state index contributed by atoms with van der Waals surface area (Å²) in [4.78, 5) is 24.1. The SMILES string of the molecule is O=C(OCC(=O)c1ccc(Cl)cc1Cl)c1ccc(-n2cnnn2)cc1. The molecule has 0 aliphatic carbocycles. The molecule has 3 rings (SSSR count). The summed E-state index contributed by atoms with van der Waals surface area (Å²) in [5.74, 6) is -1.04. The maximum atomic E-state index is 12.1. The third-order valence-electron chi connectivity index (χ3n) is 3.28. The number of benzene rings is 2. The molecule has 0 aliphatic rings. The maximum absolute atomic E-state index is 12.1. The van der Waals surface area contributed by atoms with Crippen molar-refractivity contribution < 1.29 is 14.3 Å². The van der Waals surface area contributed by atoms with Gasteiger partial charge in [0.15, 0.2) is 6.61 Å². The Morgan fingerprint density at radius 2 is 1.84 bits per heavy atom. The van der Waals surface area contributed by atoms with E-state index in [-0.39, 0.29) is 10.6 Å². The molecule has 3 aromatic rings. The molecule has 1 aromatic heterocycles. The second kappa shape index (κ2) is 7.42. The number of hydrogen-bond donors (Lipinski definition) is 0. The number of esters is 1. The lowest BCUT2D eigenvalue weighted by Gasteiger charge is -2.07. The molecule has 2 aromatic carbocycles. The Kier molecular flexibility index (Phi) is 5.06. The van der Waals surface area contributed by atoms with Crippen LogP contribution < -0.4 is 0 Å². The van der Waals surface area contributed by atoms with Crippen LogP contribution in [0.15, 0.2) is 48.8 Å². The molecule has 0 bridgehead atoms. The topological polar surface area (TPSA) is 87.0 Å². The van der Waals surface area contributed by atoms with Gasteiger partial charge in [-0.15, -0.1) is 5.10 Å². The van der Waals surface area contributed by atoms with Crippen LogP contribution in [0.5, 0.6) is 0 Å². The second-order valence-electron chi connectivity index (χ2n) is 4.92. The number of hydrogen-bond acceptors (Lipinski definition) is 6. The van der Waals surface area contributed by atoms with Crippen LogP contribution in [-0.4, -0.2) is 38.6 Å². The Bertz CT molecular complexity index is 912. The van der Waals surface area contributed by atoms with Gasteiger partial charge in [-0.1, -0.05) is 23.2 Å². The fourth-order valence-corrected chi connectivity index (χ4v) is 2.55. The van der Waals surface area contributed by atoms with E-state index in [4.69, 9.17) is 27.9 Å². The molecule has 1 heterocycles. The van der Waals surface area contributed by atoms with Crippen LogP contribution in [0.2, 0.25) is 10.0 Å². The largest absolute Gasteiger partial charge is 0.454 e. The van der Waals surface area contributed by atoms with Crippen molar-refractivity contribution in [3.8, 4) is 5.69 Å². The predicted octanol–water partition coefficient (Wildman–Crippen LogP) is 3.01. The van der Waals surface area contributed by atoms with Crippen molar-refractivity contribution >= 4 is 35.0 Å². The standard InChI is InChI=1S/C16H10Cl2N4O3/c17-11-3-6-13(14(18)7-11)15(23)8-25-16(24)10-1-4-12(5-2-10)22-9-19-20-21-22/h1-7,9H,8H2. The van der Waals surface area contributed by atoms with E-state index in [1.165, 1.54) is 23.1 Å². The highest BCUT2D eigenvalue weighted by Crippen LogP contribution is 2.21. The number of halogens is 2. The Hall–Kier alpha value is -2.77. The highest BCUT2D eigenvalue weighted by molar-refractivity contribution is 6.36. The Morgan fingerprint density at radius 1 is 1.08 bits per heavy atom. The number of carbonyl (C=O) groups excluding carboxylic acids is 2. The summed E-state index contributed by atoms with van der Waals surface area (Å²) in [6, 6.07) is 10.9. The summed E-state index contributed by atoms with van der Waals surface area (Å²) in [5, 5.41) is 11.4. The molecule has 0 N–H and O–H groups in total. The summed E-state index contributed by atoms with van der Waals surface area (Å²) in [6.07, 6.45) is 1.43. The van der Waals surface area contributed by atoms with E-state index in [1.807, 2.05) is 0 Å². The van der Waals surface area contributed by atoms with Crippen LogP contribution in [0, 0.1) is 0 Å². The summed E-state index contributed by atoms with van der Waals surface area (Å²) in [5.41, 5.74) is 1.23. The zero-order valence-electron chi connectivity index (χ0n) is 12.6. The quantitative estimate of drug-likeness (QED) is 0.502. The number of ether oxygens (including phenoxy) is 1. The molecule has 0 unspecified atom stereocenters. The van der Waals surface area contributed by atoms with E-state index in [0.717, 1.165) is 0 Å². The van der Waals surface area contributed by atoms with Crippen molar-refractivity contribution in [1.29, 1.82) is 0 Å². The molecule has 0 spiro atoms. The molecule has 0 fully saturated rings. The predicted molar refractivity (Wildman–Crippen MR) is 90.2 cm³/mol. The number of tetrazole rings is 1. The second-order valence-corrected chi connectivity index (χ2v) is 5.77. The molecule has 25 heavy (non-hydrogen) atoms. The number of carbonyl (C=O) groups is 2. The van der Waals surface area contributed by atoms with Crippen LogP contribution in [0.1, 0.15) is 20.7 Å². The van der Waals surface area contributed by atoms with Crippen LogP contribution in [0.4, 0.5) is 0 Å². The van der Waals surface area contributed by atoms with Crippen LogP contribution >= 0.6 is 23.2 Å². The fraction of sp³-hybridized carbons (Fsp3) is 0.0625. The lowest BCUT2D eigenvalue weighted by molar-refractivity contribution is 0.0475. The zero-order valence-corrected chi connectivity index (χ0v) is 14.1. The molecule has 0 radical (unpaired) electrons. The highest BCUT2D eigenvalue weighted by atomic mass is 35.5. The van der Waals surface area contributed by atoms with Gasteiger partial charge in [0.05, 0.1) is 16.3 Å². The van der Waals surface area contributed by atoms with Crippen molar-refractivity contribution in [1.82, 2.24) is 20.2 Å². The van der Waals surface area contributed by atoms with Gasteiger partial charge < -0.3 is 4.74 Å². The summed E-state index contributed by atoms with van der Waals surface area (Å²) >= 11 is 11.7. The normalized spacial score (nSPS) is 10.5. The molecule has 0 saturated heterocycles. The molecule has 0 amide bonds. The maximum Gasteiger partial charge on any atom is 0.338 e. The van der Waals surface area contributed by atoms with Crippen molar-refractivity contribution in [2.75, 3.05) is 6.61 Å². The number of ketones is 1. The van der Waals surface area contributed by atoms with Crippen molar-refractivity contribution in [3.63, 3.8) is 0 Å². The third-order valence-corrected chi connectivity index (χ3v) is 3.83. The third kappa shape index (κ3) is 4.01. The Labute approximate surface area is 152 Å². The number of rotatable bonds is 5. The first-order valence-electron chi connectivity index (χ1n) is 7.03. The Morgan fingerprint density at radius 3 is 2.48 bits per heavy atom. The smallest absolute Gasteiger partial charge is 0.338 e. The highest BCUT2D eigenvalue weighted by Gasteiger charge is 2.15. The van der Waals surface area contributed by atoms with Crippen LogP contribution in [-0.2, 0) is 4.74 Å². The van der Waals surface area contributed by atoms with E-state index in [9.17, 15) is 9.59 Å². The average Bonchev–Trinajstić information content (AvgIpc) is 3.14. The first-order valence-corrected chi connectivity index (χ1v) is 7.79. The lowest BCUT2D eigenvalue weighted by Crippen LogP contribution is -2.14. The van der Waals surface area contributed by atoms with Crippen LogP contribution in [0.3, 0.4) is 0 Å². The zero-order chi connectivity index (χ0) is 17.8. The molecule has 0 saturated carbocycles. The molecule has 9 heteroatoms. The van der Waals surface area contributed by atoms with Gasteiger partial charge in [0.1, 0.15) is 6.33 Å². The summed E-state index contributed by atoms with van der Waals surface area (Å²) < 4.78 is 6.48. The number of aromatic nitrogens is 4. The first kappa shape index (κ1) is 17.1. The van der Waals surface area contributed by atoms with E-state index in [1.54, 1.807) is 30.3 Å². The molecular weight excluding hydrogens is 367 g/mol. The monoisotopic (exact) mass is 376 g/mol. The molecular formula is C16H10Cl2N4O3. The fourth-order valence-electron chi connectivity index (χ4n) is 2.04. The van der Waals surface area contributed by atoms with Crippen molar-refractivity contribution in [2.24, 2.45) is 0 Å². The molecule has 0 atom stereocenters. The molecule has 126 valence electrons. The molecule has 7 nitrogen and oxygen atoms in total. The van der Waals surface area contributed by atoms with Gasteiger partial charge in [-0.25, -0.2) is 9.48 Å². The van der Waals surface area contributed by atoms with Gasteiger partial charge in [-0.3, -0.25) is 4.79 Å². The first-order chi connectivity index (χ1) is 12.0. The van der Waals surface area contributed by atoms with Crippen LogP contribution in [0.25, 0.3) is 5.69 Å². The minimum Gasteiger partial charge on any atom is -0.454 e. The van der Waals surface area contributed by atoms with Crippen molar-refractivity contribution in [3.05, 3.63) is 70.0 Å². The summed E-state index contributed by atoms with van der Waals surface area (Å²) in [6.45, 7) is -0.422. The average molecular weight is 377 g/mol. The van der Waals surface area contributed by atoms with Gasteiger partial charge in [0.25, 0.3) is 0 Å². The van der Waals surface area contributed by atoms with Gasteiger partial charge in [-0.05, 0) is 52.9 Å². The van der Waals surface area contributed by atoms with E-state index in [2.05, 4.69) is 15.5 Å². The van der Waals surface area contributed by atoms with Gasteiger partial charge >= 0.3 is 5.97 Å². The minimum atomic E-state index is -0.623. The van der Waals surface area contributed by atoms with E-state index < -0.39 is 18.4 Å². The summed E-state index contributed by atoms with van der Waals surface area (Å²) in [7, 11) is 0. The van der Waals surface area contributed by atoms with Crippen molar-refractivity contribution in [2.45, 2.75) is 0 Å². The number of nitrogens with zero attached hydrogens (tertiary/aromatic N) is 4. The van der Waals surface area contributed by atoms with Gasteiger partial charge in [-0.2, -0.15) is 0 Å². The minimum absolute atomic E-state index is 0.208. The Balaban J connectivity index is 1.63.